The molecule has 1 aliphatic rings. The average Bonchev–Trinajstić information content (AvgIpc) is 2.88. The van der Waals surface area contributed by atoms with E-state index in [0.717, 1.165) is 11.8 Å². The van der Waals surface area contributed by atoms with Gasteiger partial charge in [0.05, 0.1) is 18.4 Å². The van der Waals surface area contributed by atoms with Crippen LogP contribution in [0.5, 0.6) is 0 Å². The molecule has 1 saturated heterocycles. The number of ketones is 1. The standard InChI is InChI=1S/C17H27NO5S/c1-6-23-15(21)12(10(2)16(22)24-17(3,4)5)9-13(19)11-7-8-18-14(11)20/h10-12H,6-9H2,1-5H3,(H,18,20)/t10-,11?,12-/m0/s1. The number of hydrogen-bond acceptors (Lipinski definition) is 6. The second kappa shape index (κ2) is 8.65. The smallest absolute Gasteiger partial charge is 0.310 e. The van der Waals surface area contributed by atoms with Crippen molar-refractivity contribution >= 4 is 34.5 Å². The largest absolute Gasteiger partial charge is 0.466 e. The first-order chi connectivity index (χ1) is 11.1. The van der Waals surface area contributed by atoms with Crippen molar-refractivity contribution in [2.24, 2.45) is 17.8 Å². The lowest BCUT2D eigenvalue weighted by atomic mass is 9.86. The lowest BCUT2D eigenvalue weighted by molar-refractivity contribution is -0.153. The van der Waals surface area contributed by atoms with Gasteiger partial charge >= 0.3 is 5.97 Å². The second-order valence-corrected chi connectivity index (χ2v) is 8.81. The minimum absolute atomic E-state index is 0.144. The Hall–Kier alpha value is -1.37. The summed E-state index contributed by atoms with van der Waals surface area (Å²) in [6.45, 7) is 9.71. The predicted molar refractivity (Wildman–Crippen MR) is 92.4 cm³/mol. The molecule has 0 aromatic rings. The van der Waals surface area contributed by atoms with Crippen LogP contribution in [0.4, 0.5) is 0 Å². The molecule has 3 atom stereocenters. The summed E-state index contributed by atoms with van der Waals surface area (Å²) in [5.74, 6) is -3.39. The van der Waals surface area contributed by atoms with Crippen molar-refractivity contribution in [3.05, 3.63) is 0 Å². The average molecular weight is 357 g/mol. The molecule has 1 amide bonds. The minimum Gasteiger partial charge on any atom is -0.466 e. The zero-order valence-corrected chi connectivity index (χ0v) is 15.8. The highest BCUT2D eigenvalue weighted by Crippen LogP contribution is 2.32. The molecule has 7 heteroatoms. The highest BCUT2D eigenvalue weighted by molar-refractivity contribution is 8.14. The molecular weight excluding hydrogens is 330 g/mol. The summed E-state index contributed by atoms with van der Waals surface area (Å²) >= 11 is 1.15. The number of carbonyl (C=O) groups excluding carboxylic acids is 4. The molecule has 0 saturated carbocycles. The molecule has 6 nitrogen and oxygen atoms in total. The van der Waals surface area contributed by atoms with Gasteiger partial charge in [-0.15, -0.1) is 0 Å². The van der Waals surface area contributed by atoms with Crippen molar-refractivity contribution in [1.82, 2.24) is 5.32 Å². The summed E-state index contributed by atoms with van der Waals surface area (Å²) in [6, 6.07) is 0. The first-order valence-corrected chi connectivity index (χ1v) is 9.08. The summed E-state index contributed by atoms with van der Waals surface area (Å²) in [6.07, 6.45) is 0.292. The van der Waals surface area contributed by atoms with Gasteiger partial charge in [-0.2, -0.15) is 0 Å². The zero-order chi connectivity index (χ0) is 18.5. The number of ether oxygens (including phenoxy) is 1. The van der Waals surface area contributed by atoms with Crippen LogP contribution in [0.2, 0.25) is 0 Å². The van der Waals surface area contributed by atoms with Crippen molar-refractivity contribution in [2.75, 3.05) is 13.2 Å². The van der Waals surface area contributed by atoms with E-state index in [2.05, 4.69) is 5.32 Å². The van der Waals surface area contributed by atoms with Gasteiger partial charge in [0.15, 0.2) is 5.12 Å². The highest BCUT2D eigenvalue weighted by atomic mass is 32.2. The molecular formula is C17H27NO5S. The lowest BCUT2D eigenvalue weighted by Crippen LogP contribution is -2.34. The summed E-state index contributed by atoms with van der Waals surface area (Å²) in [5.41, 5.74) is 0. The Morgan fingerprint density at radius 1 is 1.33 bits per heavy atom. The molecule has 0 aromatic heterocycles. The Labute approximate surface area is 147 Å². The van der Waals surface area contributed by atoms with Gasteiger partial charge in [-0.3, -0.25) is 19.2 Å². The number of hydrogen-bond donors (Lipinski definition) is 1. The Bertz CT molecular complexity index is 512. The second-order valence-electron chi connectivity index (χ2n) is 6.98. The van der Waals surface area contributed by atoms with E-state index in [1.165, 1.54) is 0 Å². The van der Waals surface area contributed by atoms with Crippen LogP contribution in [0.3, 0.4) is 0 Å². The molecule has 0 aromatic carbocycles. The quantitative estimate of drug-likeness (QED) is 0.553. The van der Waals surface area contributed by atoms with E-state index < -0.39 is 23.7 Å². The number of carbonyl (C=O) groups is 4. The molecule has 136 valence electrons. The fourth-order valence-corrected chi connectivity index (χ4v) is 3.49. The maximum Gasteiger partial charge on any atom is 0.310 e. The zero-order valence-electron chi connectivity index (χ0n) is 15.0. The molecule has 1 N–H and O–H groups in total. The van der Waals surface area contributed by atoms with Crippen molar-refractivity contribution in [1.29, 1.82) is 0 Å². The van der Waals surface area contributed by atoms with Gasteiger partial charge in [-0.05, 0) is 13.3 Å². The van der Waals surface area contributed by atoms with Gasteiger partial charge in [0.25, 0.3) is 0 Å². The van der Waals surface area contributed by atoms with Crippen LogP contribution in [-0.2, 0) is 23.9 Å². The monoisotopic (exact) mass is 357 g/mol. The van der Waals surface area contributed by atoms with E-state index in [1.807, 2.05) is 20.8 Å². The van der Waals surface area contributed by atoms with Crippen molar-refractivity contribution < 1.29 is 23.9 Å². The molecule has 1 aliphatic heterocycles. The third-order valence-corrected chi connectivity index (χ3v) is 5.02. The van der Waals surface area contributed by atoms with E-state index in [4.69, 9.17) is 4.74 Å². The number of esters is 1. The first-order valence-electron chi connectivity index (χ1n) is 8.26. The molecule has 0 bridgehead atoms. The Morgan fingerprint density at radius 2 is 1.96 bits per heavy atom. The molecule has 0 aliphatic carbocycles. The number of Topliss-reactive ketones (excluding diaryl/α,β-unsaturated/α-hetero) is 1. The van der Waals surface area contributed by atoms with Crippen LogP contribution in [0.1, 0.15) is 47.5 Å². The summed E-state index contributed by atoms with van der Waals surface area (Å²) in [4.78, 5) is 48.8. The molecule has 0 radical (unpaired) electrons. The molecule has 1 heterocycles. The van der Waals surface area contributed by atoms with Crippen LogP contribution in [0.15, 0.2) is 0 Å². The fourth-order valence-electron chi connectivity index (χ4n) is 2.53. The summed E-state index contributed by atoms with van der Waals surface area (Å²) in [7, 11) is 0. The van der Waals surface area contributed by atoms with Crippen LogP contribution in [0.25, 0.3) is 0 Å². The van der Waals surface area contributed by atoms with Gasteiger partial charge < -0.3 is 10.1 Å². The normalized spacial score (nSPS) is 20.2. The molecule has 1 unspecified atom stereocenters. The van der Waals surface area contributed by atoms with E-state index in [9.17, 15) is 19.2 Å². The van der Waals surface area contributed by atoms with Crippen LogP contribution in [0, 0.1) is 17.8 Å². The molecule has 0 spiro atoms. The first kappa shape index (κ1) is 20.7. The number of nitrogens with one attached hydrogen (secondary N) is 1. The Balaban J connectivity index is 2.87. The van der Waals surface area contributed by atoms with Gasteiger partial charge in [-0.25, -0.2) is 0 Å². The number of rotatable bonds is 7. The SMILES string of the molecule is CCOC(=O)[C@@H](CC(=O)C1CCNC1=O)[C@H](C)C(=O)SC(C)(C)C. The van der Waals surface area contributed by atoms with E-state index >= 15 is 0 Å². The molecule has 1 fully saturated rings. The third kappa shape index (κ3) is 5.92. The maximum atomic E-state index is 12.4. The van der Waals surface area contributed by atoms with Crippen LogP contribution >= 0.6 is 11.8 Å². The topological polar surface area (TPSA) is 89.5 Å². The number of amides is 1. The van der Waals surface area contributed by atoms with Gasteiger partial charge in [0.1, 0.15) is 5.78 Å². The maximum absolute atomic E-state index is 12.4. The van der Waals surface area contributed by atoms with Crippen LogP contribution < -0.4 is 5.32 Å². The van der Waals surface area contributed by atoms with E-state index in [-0.39, 0.29) is 34.6 Å². The van der Waals surface area contributed by atoms with Crippen molar-refractivity contribution in [2.45, 2.75) is 52.2 Å². The van der Waals surface area contributed by atoms with Crippen LogP contribution in [-0.4, -0.2) is 40.7 Å². The lowest BCUT2D eigenvalue weighted by Gasteiger charge is -2.24. The van der Waals surface area contributed by atoms with Gasteiger partial charge in [0, 0.05) is 23.6 Å². The minimum atomic E-state index is -0.854. The van der Waals surface area contributed by atoms with E-state index in [1.54, 1.807) is 13.8 Å². The fraction of sp³-hybridized carbons (Fsp3) is 0.765. The number of thioether (sulfide) groups is 1. The Morgan fingerprint density at radius 3 is 2.42 bits per heavy atom. The van der Waals surface area contributed by atoms with Crippen molar-refractivity contribution in [3.8, 4) is 0 Å². The highest BCUT2D eigenvalue weighted by Gasteiger charge is 2.39. The van der Waals surface area contributed by atoms with Crippen molar-refractivity contribution in [3.63, 3.8) is 0 Å². The Kier molecular flexibility index (Phi) is 7.45. The summed E-state index contributed by atoms with van der Waals surface area (Å²) in [5, 5.41) is 2.47. The van der Waals surface area contributed by atoms with Gasteiger partial charge in [-0.1, -0.05) is 39.5 Å². The van der Waals surface area contributed by atoms with E-state index in [0.29, 0.717) is 13.0 Å². The molecule has 1 rings (SSSR count). The predicted octanol–water partition coefficient (Wildman–Crippen LogP) is 1.96. The third-order valence-electron chi connectivity index (χ3n) is 3.83. The van der Waals surface area contributed by atoms with Gasteiger partial charge in [0.2, 0.25) is 5.91 Å². The molecule has 24 heavy (non-hydrogen) atoms. The summed E-state index contributed by atoms with van der Waals surface area (Å²) < 4.78 is 4.76.